The minimum absolute atomic E-state index is 0.138. The minimum Gasteiger partial charge on any atom is -0.378 e. The molecule has 0 radical (unpaired) electrons. The van der Waals surface area contributed by atoms with E-state index in [0.717, 1.165) is 52.0 Å². The van der Waals surface area contributed by atoms with Crippen molar-refractivity contribution >= 4 is 0 Å². The second-order valence-electron chi connectivity index (χ2n) is 6.93. The summed E-state index contributed by atoms with van der Waals surface area (Å²) < 4.78 is 5.87. The van der Waals surface area contributed by atoms with E-state index in [-0.39, 0.29) is 5.54 Å². The van der Waals surface area contributed by atoms with Crippen LogP contribution in [0.3, 0.4) is 0 Å². The molecule has 1 aliphatic heterocycles. The van der Waals surface area contributed by atoms with Crippen LogP contribution in [0.15, 0.2) is 0 Å². The number of hydrogen-bond acceptors (Lipinski definition) is 4. The molecule has 1 heterocycles. The third kappa shape index (κ3) is 4.99. The molecule has 120 valence electrons. The van der Waals surface area contributed by atoms with Gasteiger partial charge >= 0.3 is 0 Å². The van der Waals surface area contributed by atoms with Gasteiger partial charge in [-0.2, -0.15) is 0 Å². The Bertz CT molecular complexity index is 270. The van der Waals surface area contributed by atoms with E-state index >= 15 is 0 Å². The van der Waals surface area contributed by atoms with E-state index in [2.05, 4.69) is 44.7 Å². The Kier molecular flexibility index (Phi) is 7.45. The molecule has 0 aliphatic carbocycles. The van der Waals surface area contributed by atoms with Gasteiger partial charge in [-0.3, -0.25) is 4.90 Å². The zero-order chi connectivity index (χ0) is 15.2. The molecule has 0 amide bonds. The predicted molar refractivity (Wildman–Crippen MR) is 86.0 cm³/mol. The van der Waals surface area contributed by atoms with Gasteiger partial charge in [-0.05, 0) is 39.3 Å². The van der Waals surface area contributed by atoms with Crippen LogP contribution in [0.1, 0.15) is 40.0 Å². The summed E-state index contributed by atoms with van der Waals surface area (Å²) in [6, 6.07) is 0. The topological polar surface area (TPSA) is 41.7 Å². The predicted octanol–water partition coefficient (Wildman–Crippen LogP) is 1.79. The smallest absolute Gasteiger partial charge is 0.0590 e. The second kappa shape index (κ2) is 8.32. The molecule has 20 heavy (non-hydrogen) atoms. The van der Waals surface area contributed by atoms with Gasteiger partial charge < -0.3 is 15.4 Å². The molecule has 4 heteroatoms. The lowest BCUT2D eigenvalue weighted by Crippen LogP contribution is -2.60. The number of likely N-dealkylation sites (N-methyl/N-ethyl adjacent to an activating group) is 1. The fraction of sp³-hybridized carbons (Fsp3) is 1.00. The maximum Gasteiger partial charge on any atom is 0.0590 e. The number of nitrogens with zero attached hydrogens (tertiary/aromatic N) is 2. The summed E-state index contributed by atoms with van der Waals surface area (Å²) in [4.78, 5) is 4.90. The van der Waals surface area contributed by atoms with E-state index in [0.29, 0.717) is 12.0 Å². The molecule has 2 unspecified atom stereocenters. The van der Waals surface area contributed by atoms with Crippen LogP contribution in [-0.4, -0.2) is 68.3 Å². The van der Waals surface area contributed by atoms with Gasteiger partial charge in [-0.1, -0.05) is 20.8 Å². The zero-order valence-electron chi connectivity index (χ0n) is 14.2. The summed E-state index contributed by atoms with van der Waals surface area (Å²) in [6.07, 6.45) is 3.62. The fourth-order valence-corrected chi connectivity index (χ4v) is 3.15. The molecule has 0 saturated carbocycles. The molecule has 0 spiro atoms. The van der Waals surface area contributed by atoms with Crippen molar-refractivity contribution in [1.29, 1.82) is 0 Å². The Balaban J connectivity index is 2.81. The summed E-state index contributed by atoms with van der Waals surface area (Å²) >= 11 is 0. The van der Waals surface area contributed by atoms with Crippen LogP contribution in [-0.2, 0) is 4.74 Å². The second-order valence-corrected chi connectivity index (χ2v) is 6.93. The molecular formula is C16H35N3O. The first-order valence-corrected chi connectivity index (χ1v) is 8.15. The van der Waals surface area contributed by atoms with Gasteiger partial charge in [0.2, 0.25) is 0 Å². The minimum atomic E-state index is 0.138. The standard InChI is InChI=1S/C16H35N3O/c1-6-15-11-16(13-17,7-10-20-15)19(12-14(2)3)9-8-18(4)5/h14-15H,6-13,17H2,1-5H3. The largest absolute Gasteiger partial charge is 0.378 e. The highest BCUT2D eigenvalue weighted by Gasteiger charge is 2.40. The van der Waals surface area contributed by atoms with Crippen LogP contribution in [0.5, 0.6) is 0 Å². The third-order valence-electron chi connectivity index (χ3n) is 4.44. The van der Waals surface area contributed by atoms with Crippen molar-refractivity contribution in [2.45, 2.75) is 51.7 Å². The normalized spacial score (nSPS) is 27.8. The lowest BCUT2D eigenvalue weighted by Gasteiger charge is -2.49. The highest BCUT2D eigenvalue weighted by atomic mass is 16.5. The van der Waals surface area contributed by atoms with Crippen molar-refractivity contribution in [3.63, 3.8) is 0 Å². The van der Waals surface area contributed by atoms with Gasteiger partial charge in [0.05, 0.1) is 6.10 Å². The van der Waals surface area contributed by atoms with Crippen molar-refractivity contribution in [3.8, 4) is 0 Å². The molecular weight excluding hydrogens is 250 g/mol. The molecule has 2 N–H and O–H groups in total. The van der Waals surface area contributed by atoms with Gasteiger partial charge in [0.25, 0.3) is 0 Å². The van der Waals surface area contributed by atoms with E-state index in [1.165, 1.54) is 0 Å². The lowest BCUT2D eigenvalue weighted by molar-refractivity contribution is -0.0758. The average molecular weight is 285 g/mol. The van der Waals surface area contributed by atoms with Crippen LogP contribution in [0.4, 0.5) is 0 Å². The number of rotatable bonds is 8. The molecule has 1 saturated heterocycles. The Hall–Kier alpha value is -0.160. The zero-order valence-corrected chi connectivity index (χ0v) is 14.2. The van der Waals surface area contributed by atoms with E-state index in [4.69, 9.17) is 10.5 Å². The maximum absolute atomic E-state index is 6.23. The van der Waals surface area contributed by atoms with Gasteiger partial charge in [0.1, 0.15) is 0 Å². The van der Waals surface area contributed by atoms with Crippen LogP contribution >= 0.6 is 0 Å². The van der Waals surface area contributed by atoms with Crippen molar-refractivity contribution in [1.82, 2.24) is 9.80 Å². The summed E-state index contributed by atoms with van der Waals surface area (Å²) in [7, 11) is 4.28. The molecule has 1 rings (SSSR count). The lowest BCUT2D eigenvalue weighted by atomic mass is 9.83. The molecule has 0 aromatic heterocycles. The van der Waals surface area contributed by atoms with E-state index in [9.17, 15) is 0 Å². The fourth-order valence-electron chi connectivity index (χ4n) is 3.15. The molecule has 0 aromatic rings. The Labute approximate surface area is 125 Å². The monoisotopic (exact) mass is 285 g/mol. The Morgan fingerprint density at radius 1 is 1.30 bits per heavy atom. The summed E-state index contributed by atoms with van der Waals surface area (Å²) in [5.74, 6) is 0.670. The molecule has 2 atom stereocenters. The molecule has 0 aromatic carbocycles. The van der Waals surface area contributed by atoms with Crippen LogP contribution in [0.2, 0.25) is 0 Å². The summed E-state index contributed by atoms with van der Waals surface area (Å²) in [5, 5.41) is 0. The molecule has 0 bridgehead atoms. The van der Waals surface area contributed by atoms with Crippen molar-refractivity contribution in [2.24, 2.45) is 11.7 Å². The molecule has 1 aliphatic rings. The Morgan fingerprint density at radius 3 is 2.50 bits per heavy atom. The van der Waals surface area contributed by atoms with Gasteiger partial charge in [-0.25, -0.2) is 0 Å². The number of hydrogen-bond donors (Lipinski definition) is 1. The summed E-state index contributed by atoms with van der Waals surface area (Å²) in [5.41, 5.74) is 6.37. The molecule has 4 nitrogen and oxygen atoms in total. The van der Waals surface area contributed by atoms with Gasteiger partial charge in [0, 0.05) is 38.3 Å². The Morgan fingerprint density at radius 2 is 2.00 bits per heavy atom. The van der Waals surface area contributed by atoms with Gasteiger partial charge in [0.15, 0.2) is 0 Å². The van der Waals surface area contributed by atoms with E-state index in [1.807, 2.05) is 0 Å². The average Bonchev–Trinajstić information content (AvgIpc) is 2.42. The molecule has 1 fully saturated rings. The van der Waals surface area contributed by atoms with Crippen molar-refractivity contribution in [2.75, 3.05) is 46.9 Å². The highest BCUT2D eigenvalue weighted by Crippen LogP contribution is 2.32. The van der Waals surface area contributed by atoms with Crippen LogP contribution in [0.25, 0.3) is 0 Å². The number of nitrogens with two attached hydrogens (primary N) is 1. The number of ether oxygens (including phenoxy) is 1. The quantitative estimate of drug-likeness (QED) is 0.738. The van der Waals surface area contributed by atoms with Gasteiger partial charge in [-0.15, -0.1) is 0 Å². The van der Waals surface area contributed by atoms with E-state index < -0.39 is 0 Å². The maximum atomic E-state index is 6.23. The third-order valence-corrected chi connectivity index (χ3v) is 4.44. The van der Waals surface area contributed by atoms with Crippen LogP contribution in [0, 0.1) is 5.92 Å². The van der Waals surface area contributed by atoms with E-state index in [1.54, 1.807) is 0 Å². The first-order chi connectivity index (χ1) is 9.43. The van der Waals surface area contributed by atoms with Crippen molar-refractivity contribution < 1.29 is 4.74 Å². The SMILES string of the molecule is CCC1CC(CN)(N(CCN(C)C)CC(C)C)CCO1. The van der Waals surface area contributed by atoms with Crippen LogP contribution < -0.4 is 5.73 Å². The first kappa shape index (κ1) is 17.9. The van der Waals surface area contributed by atoms with Crippen molar-refractivity contribution in [3.05, 3.63) is 0 Å². The first-order valence-electron chi connectivity index (χ1n) is 8.15. The highest BCUT2D eigenvalue weighted by molar-refractivity contribution is 4.96. The summed E-state index contributed by atoms with van der Waals surface area (Å²) in [6.45, 7) is 11.7.